The highest BCUT2D eigenvalue weighted by Crippen LogP contribution is 2.26. The number of nitro benzene ring substituents is 1. The van der Waals surface area contributed by atoms with Crippen molar-refractivity contribution in [3.8, 4) is 0 Å². The van der Waals surface area contributed by atoms with Crippen molar-refractivity contribution in [2.45, 2.75) is 27.3 Å². The van der Waals surface area contributed by atoms with Gasteiger partial charge in [0.25, 0.3) is 17.2 Å². The van der Waals surface area contributed by atoms with Crippen LogP contribution >= 0.6 is 0 Å². The van der Waals surface area contributed by atoms with Gasteiger partial charge >= 0.3 is 0 Å². The Balaban J connectivity index is 1.81. The highest BCUT2D eigenvalue weighted by molar-refractivity contribution is 6.06. The van der Waals surface area contributed by atoms with E-state index in [4.69, 9.17) is 0 Å². The number of non-ortho nitro benzene ring substituents is 1. The molecule has 0 fully saturated rings. The van der Waals surface area contributed by atoms with Crippen LogP contribution in [0.1, 0.15) is 32.6 Å². The molecule has 0 saturated carbocycles. The molecule has 33 heavy (non-hydrogen) atoms. The number of nitrogens with one attached hydrogen (secondary N) is 1. The zero-order chi connectivity index (χ0) is 23.7. The number of aromatic nitrogens is 1. The van der Waals surface area contributed by atoms with Gasteiger partial charge < -0.3 is 9.88 Å². The molecule has 0 aliphatic rings. The summed E-state index contributed by atoms with van der Waals surface area (Å²) in [4.78, 5) is 41.5. The second-order valence-corrected chi connectivity index (χ2v) is 8.15. The predicted octanol–water partition coefficient (Wildman–Crippen LogP) is 5.21. The van der Waals surface area contributed by atoms with Crippen LogP contribution in [0.3, 0.4) is 0 Å². The van der Waals surface area contributed by atoms with Gasteiger partial charge in [0.05, 0.1) is 17.0 Å². The van der Waals surface area contributed by atoms with Gasteiger partial charge in [-0.25, -0.2) is 0 Å². The van der Waals surface area contributed by atoms with Gasteiger partial charge in [-0.2, -0.15) is 0 Å². The molecule has 3 aromatic carbocycles. The topological polar surface area (TPSA) is 96.3 Å². The van der Waals surface area contributed by atoms with Crippen molar-refractivity contribution in [2.75, 3.05) is 4.90 Å². The highest BCUT2D eigenvalue weighted by Gasteiger charge is 2.22. The van der Waals surface area contributed by atoms with Gasteiger partial charge in [-0.1, -0.05) is 30.3 Å². The molecule has 1 N–H and O–H groups in total. The van der Waals surface area contributed by atoms with E-state index in [-0.39, 0.29) is 23.7 Å². The third-order valence-corrected chi connectivity index (χ3v) is 5.72. The first-order chi connectivity index (χ1) is 15.7. The maximum atomic E-state index is 13.6. The van der Waals surface area contributed by atoms with Gasteiger partial charge in [0.1, 0.15) is 0 Å². The molecule has 4 rings (SSSR count). The Hall–Kier alpha value is -4.26. The van der Waals surface area contributed by atoms with E-state index >= 15 is 0 Å². The summed E-state index contributed by atoms with van der Waals surface area (Å²) in [5.41, 5.74) is 4.66. The Kier molecular flexibility index (Phi) is 5.79. The number of anilines is 1. The summed E-state index contributed by atoms with van der Waals surface area (Å²) in [6.45, 7) is 5.82. The molecule has 0 bridgehead atoms. The quantitative estimate of drug-likeness (QED) is 0.340. The van der Waals surface area contributed by atoms with Crippen LogP contribution in [0.15, 0.2) is 71.5 Å². The van der Waals surface area contributed by atoms with Crippen LogP contribution in [0.5, 0.6) is 0 Å². The minimum atomic E-state index is -0.507. The number of carbonyl (C=O) groups is 1. The molecule has 7 nitrogen and oxygen atoms in total. The molecule has 1 aromatic heterocycles. The fraction of sp³-hybridized carbons (Fsp3) is 0.154. The molecule has 0 spiro atoms. The summed E-state index contributed by atoms with van der Waals surface area (Å²) in [5.74, 6) is -0.345. The largest absolute Gasteiger partial charge is 0.321 e. The lowest BCUT2D eigenvalue weighted by Gasteiger charge is -2.25. The Bertz CT molecular complexity index is 1440. The molecular weight excluding hydrogens is 418 g/mol. The number of fused-ring (bicyclic) bond motifs is 1. The summed E-state index contributed by atoms with van der Waals surface area (Å²) in [5, 5.41) is 11.9. The van der Waals surface area contributed by atoms with Crippen molar-refractivity contribution in [3.63, 3.8) is 0 Å². The summed E-state index contributed by atoms with van der Waals surface area (Å²) in [6, 6.07) is 18.8. The van der Waals surface area contributed by atoms with Gasteiger partial charge in [0.15, 0.2) is 0 Å². The number of amides is 1. The van der Waals surface area contributed by atoms with E-state index in [9.17, 15) is 19.7 Å². The minimum absolute atomic E-state index is 0.0549. The molecule has 0 unspecified atom stereocenters. The lowest BCUT2D eigenvalue weighted by Crippen LogP contribution is -2.33. The first-order valence-corrected chi connectivity index (χ1v) is 10.5. The number of aromatic amines is 1. The van der Waals surface area contributed by atoms with Crippen molar-refractivity contribution in [2.24, 2.45) is 0 Å². The number of hydrogen-bond donors (Lipinski definition) is 1. The molecule has 0 radical (unpaired) electrons. The lowest BCUT2D eigenvalue weighted by atomic mass is 10.1. The van der Waals surface area contributed by atoms with Gasteiger partial charge in [0, 0.05) is 28.9 Å². The number of benzene rings is 3. The van der Waals surface area contributed by atoms with Crippen LogP contribution in [0.2, 0.25) is 0 Å². The van der Waals surface area contributed by atoms with Gasteiger partial charge in [0.2, 0.25) is 0 Å². The maximum Gasteiger partial charge on any atom is 0.269 e. The number of pyridine rings is 1. The van der Waals surface area contributed by atoms with Crippen LogP contribution in [0.25, 0.3) is 10.9 Å². The van der Waals surface area contributed by atoms with Crippen LogP contribution in [-0.4, -0.2) is 15.8 Å². The number of nitro groups is 1. The number of H-pyrrole nitrogens is 1. The van der Waals surface area contributed by atoms with Crippen molar-refractivity contribution in [1.29, 1.82) is 0 Å². The third kappa shape index (κ3) is 4.39. The number of para-hydroxylation sites is 1. The van der Waals surface area contributed by atoms with E-state index in [0.29, 0.717) is 16.8 Å². The first kappa shape index (κ1) is 22.0. The number of rotatable bonds is 5. The molecule has 166 valence electrons. The van der Waals surface area contributed by atoms with Crippen molar-refractivity contribution >= 4 is 28.2 Å². The molecular formula is C26H23N3O4. The summed E-state index contributed by atoms with van der Waals surface area (Å²) in [6.07, 6.45) is 0. The SMILES string of the molecule is Cc1ccc(C)c(N(Cc2cc3cccc(C)c3[nH]c2=O)C(=O)c2ccc([N+](=O)[O-])cc2)c1. The summed E-state index contributed by atoms with van der Waals surface area (Å²) < 4.78 is 0. The maximum absolute atomic E-state index is 13.6. The molecule has 0 aliphatic heterocycles. The van der Waals surface area contributed by atoms with Crippen LogP contribution in [0.4, 0.5) is 11.4 Å². The van der Waals surface area contributed by atoms with Crippen LogP contribution in [0, 0.1) is 30.9 Å². The summed E-state index contributed by atoms with van der Waals surface area (Å²) >= 11 is 0. The second-order valence-electron chi connectivity index (χ2n) is 8.15. The summed E-state index contributed by atoms with van der Waals surface area (Å²) in [7, 11) is 0. The van der Waals surface area contributed by atoms with Gasteiger partial charge in [-0.3, -0.25) is 19.7 Å². The second kappa shape index (κ2) is 8.70. The third-order valence-electron chi connectivity index (χ3n) is 5.72. The van der Waals surface area contributed by atoms with Crippen LogP contribution in [-0.2, 0) is 6.54 Å². The average Bonchev–Trinajstić information content (AvgIpc) is 2.80. The lowest BCUT2D eigenvalue weighted by molar-refractivity contribution is -0.384. The molecule has 7 heteroatoms. The Labute approximate surface area is 190 Å². The molecule has 4 aromatic rings. The Morgan fingerprint density at radius 3 is 2.39 bits per heavy atom. The van der Waals surface area contributed by atoms with Crippen LogP contribution < -0.4 is 10.5 Å². The van der Waals surface area contributed by atoms with Crippen molar-refractivity contribution < 1.29 is 9.72 Å². The first-order valence-electron chi connectivity index (χ1n) is 10.5. The zero-order valence-electron chi connectivity index (χ0n) is 18.6. The predicted molar refractivity (Wildman–Crippen MR) is 129 cm³/mol. The van der Waals surface area contributed by atoms with E-state index in [1.165, 1.54) is 24.3 Å². The fourth-order valence-electron chi connectivity index (χ4n) is 3.87. The number of aryl methyl sites for hydroxylation is 3. The van der Waals surface area contributed by atoms with Crippen molar-refractivity contribution in [3.05, 3.63) is 115 Å². The van der Waals surface area contributed by atoms with E-state index in [1.54, 1.807) is 4.90 Å². The van der Waals surface area contributed by atoms with E-state index in [0.717, 1.165) is 27.6 Å². The number of nitrogens with zero attached hydrogens (tertiary/aromatic N) is 2. The van der Waals surface area contributed by atoms with E-state index < -0.39 is 4.92 Å². The molecule has 0 atom stereocenters. The van der Waals surface area contributed by atoms with Gasteiger partial charge in [-0.15, -0.1) is 0 Å². The smallest absolute Gasteiger partial charge is 0.269 e. The minimum Gasteiger partial charge on any atom is -0.321 e. The standard InChI is InChI=1S/C26H23N3O4/c1-16-7-8-17(2)23(13-16)28(26(31)19-9-11-22(12-10-19)29(32)33)15-21-14-20-6-4-5-18(3)24(20)27-25(21)30/h4-14H,15H2,1-3H3,(H,27,30). The highest BCUT2D eigenvalue weighted by atomic mass is 16.6. The monoisotopic (exact) mass is 441 g/mol. The number of hydrogen-bond acceptors (Lipinski definition) is 4. The Morgan fingerprint density at radius 2 is 1.70 bits per heavy atom. The van der Waals surface area contributed by atoms with E-state index in [1.807, 2.05) is 63.2 Å². The molecule has 0 saturated heterocycles. The fourth-order valence-corrected chi connectivity index (χ4v) is 3.87. The van der Waals surface area contributed by atoms with Crippen molar-refractivity contribution in [1.82, 2.24) is 4.98 Å². The normalized spacial score (nSPS) is 10.9. The molecule has 0 aliphatic carbocycles. The average molecular weight is 441 g/mol. The van der Waals surface area contributed by atoms with Gasteiger partial charge in [-0.05, 0) is 67.1 Å². The molecule has 1 amide bonds. The Morgan fingerprint density at radius 1 is 0.970 bits per heavy atom. The molecule has 1 heterocycles. The zero-order valence-corrected chi connectivity index (χ0v) is 18.6. The number of carbonyl (C=O) groups excluding carboxylic acids is 1. The van der Waals surface area contributed by atoms with E-state index in [2.05, 4.69) is 4.98 Å².